The van der Waals surface area contributed by atoms with Gasteiger partial charge in [-0.15, -0.1) is 0 Å². The zero-order valence-corrected chi connectivity index (χ0v) is 19.8. The van der Waals surface area contributed by atoms with Gasteiger partial charge in [0.1, 0.15) is 23.1 Å². The number of fused-ring (bicyclic) bond motifs is 1. The Balaban J connectivity index is 1.48. The van der Waals surface area contributed by atoms with Gasteiger partial charge in [-0.1, -0.05) is 12.0 Å². The topological polar surface area (TPSA) is 69.0 Å². The maximum Gasteiger partial charge on any atom is 0.299 e. The highest BCUT2D eigenvalue weighted by molar-refractivity contribution is 5.93. The van der Waals surface area contributed by atoms with Crippen LogP contribution < -0.4 is 9.47 Å². The van der Waals surface area contributed by atoms with E-state index in [4.69, 9.17) is 14.5 Å². The predicted molar refractivity (Wildman–Crippen MR) is 133 cm³/mol. The molecule has 0 aliphatic carbocycles. The Morgan fingerprint density at radius 3 is 2.71 bits per heavy atom. The molecule has 1 fully saturated rings. The molecule has 0 spiro atoms. The molecule has 176 valence electrons. The van der Waals surface area contributed by atoms with Crippen LogP contribution in [0.2, 0.25) is 0 Å². The van der Waals surface area contributed by atoms with Crippen molar-refractivity contribution in [2.45, 2.75) is 32.2 Å². The number of nitrogens with zero attached hydrogens (tertiary/aromatic N) is 4. The van der Waals surface area contributed by atoms with E-state index >= 15 is 0 Å². The quantitative estimate of drug-likeness (QED) is 0.375. The van der Waals surface area contributed by atoms with Crippen LogP contribution in [0.15, 0.2) is 67.1 Å². The monoisotopic (exact) mass is 466 g/mol. The van der Waals surface area contributed by atoms with Crippen LogP contribution in [0, 0.1) is 11.8 Å². The van der Waals surface area contributed by atoms with Gasteiger partial charge in [0.25, 0.3) is 5.91 Å². The van der Waals surface area contributed by atoms with E-state index in [1.54, 1.807) is 20.2 Å². The Bertz CT molecular complexity index is 1420. The van der Waals surface area contributed by atoms with E-state index in [-0.39, 0.29) is 11.9 Å². The van der Waals surface area contributed by atoms with E-state index in [1.165, 1.54) is 0 Å². The molecule has 1 amide bonds. The Labute approximate surface area is 204 Å². The summed E-state index contributed by atoms with van der Waals surface area (Å²) in [4.78, 5) is 23.9. The number of rotatable bonds is 5. The van der Waals surface area contributed by atoms with Crippen molar-refractivity contribution in [1.29, 1.82) is 0 Å². The van der Waals surface area contributed by atoms with Crippen molar-refractivity contribution in [2.75, 3.05) is 13.7 Å². The number of likely N-dealkylation sites (tertiary alicyclic amines) is 1. The number of ether oxygens (including phenoxy) is 2. The number of carbonyl (C=O) groups excluding carboxylic acids is 1. The Morgan fingerprint density at radius 2 is 1.91 bits per heavy atom. The van der Waals surface area contributed by atoms with Gasteiger partial charge in [0.15, 0.2) is 0 Å². The van der Waals surface area contributed by atoms with Crippen LogP contribution in [0.4, 0.5) is 0 Å². The second-order valence-corrected chi connectivity index (χ2v) is 8.34. The Kier molecular flexibility index (Phi) is 6.36. The fourth-order valence-corrected chi connectivity index (χ4v) is 4.51. The third-order valence-electron chi connectivity index (χ3n) is 6.17. The molecular weight excluding hydrogens is 440 g/mol. The molecule has 0 N–H and O–H groups in total. The lowest BCUT2D eigenvalue weighted by Crippen LogP contribution is -2.38. The first-order valence-corrected chi connectivity index (χ1v) is 11.7. The normalized spacial score (nSPS) is 15.4. The summed E-state index contributed by atoms with van der Waals surface area (Å²) in [6.45, 7) is 2.37. The number of methoxy groups -OCH3 is 1. The molecule has 4 aromatic rings. The van der Waals surface area contributed by atoms with Gasteiger partial charge in [0.2, 0.25) is 0 Å². The first-order chi connectivity index (χ1) is 17.2. The van der Waals surface area contributed by atoms with Crippen LogP contribution in [-0.2, 0) is 4.79 Å². The van der Waals surface area contributed by atoms with E-state index in [1.807, 2.05) is 70.2 Å². The van der Waals surface area contributed by atoms with Crippen LogP contribution in [0.5, 0.6) is 17.2 Å². The van der Waals surface area contributed by atoms with E-state index < -0.39 is 0 Å². The lowest BCUT2D eigenvalue weighted by atomic mass is 10.0. The standard InChI is InChI=1S/C28H26N4O3/c1-3-7-26(33)31-16-5-4-10-24(31)28-30-27(25-19-29-15-17-32(25)28)20-11-13-21(14-12-20)35-23-9-6-8-22(18-23)34-2/h6,8-9,11-15,17-19,24H,4-5,10,16H2,1-2H3/t24-/m0/s1. The third-order valence-corrected chi connectivity index (χ3v) is 6.17. The average molecular weight is 467 g/mol. The number of carbonyl (C=O) groups is 1. The lowest BCUT2D eigenvalue weighted by Gasteiger charge is -2.33. The summed E-state index contributed by atoms with van der Waals surface area (Å²) in [6, 6.07) is 15.2. The van der Waals surface area contributed by atoms with Gasteiger partial charge < -0.3 is 14.4 Å². The molecule has 0 radical (unpaired) electrons. The molecule has 0 unspecified atom stereocenters. The zero-order valence-electron chi connectivity index (χ0n) is 19.8. The van der Waals surface area contributed by atoms with Crippen molar-refractivity contribution >= 4 is 11.4 Å². The maximum absolute atomic E-state index is 12.7. The molecule has 1 saturated heterocycles. The van der Waals surface area contributed by atoms with Crippen molar-refractivity contribution in [3.8, 4) is 40.3 Å². The molecule has 1 atom stereocenters. The number of piperidine rings is 1. The van der Waals surface area contributed by atoms with Gasteiger partial charge in [-0.05, 0) is 68.5 Å². The zero-order chi connectivity index (χ0) is 24.2. The van der Waals surface area contributed by atoms with E-state index in [2.05, 4.69) is 16.8 Å². The van der Waals surface area contributed by atoms with Gasteiger partial charge in [-0.25, -0.2) is 4.98 Å². The number of aromatic nitrogens is 3. The SMILES string of the molecule is CC#CC(=O)N1CCCC[C@H]1c1nc(-c2ccc(Oc3cccc(OC)c3)cc2)c2cnccn12. The molecule has 0 saturated carbocycles. The molecule has 2 aromatic carbocycles. The first kappa shape index (κ1) is 22.5. The van der Waals surface area contributed by atoms with Gasteiger partial charge in [0.05, 0.1) is 30.6 Å². The minimum Gasteiger partial charge on any atom is -0.497 e. The van der Waals surface area contributed by atoms with Gasteiger partial charge in [-0.3, -0.25) is 14.2 Å². The largest absolute Gasteiger partial charge is 0.497 e. The molecular formula is C28H26N4O3. The highest BCUT2D eigenvalue weighted by atomic mass is 16.5. The van der Waals surface area contributed by atoms with Crippen molar-refractivity contribution in [1.82, 2.24) is 19.3 Å². The molecule has 7 heteroatoms. The van der Waals surface area contributed by atoms with E-state index in [0.29, 0.717) is 18.0 Å². The third kappa shape index (κ3) is 4.56. The van der Waals surface area contributed by atoms with E-state index in [0.717, 1.165) is 47.6 Å². The number of imidazole rings is 1. The molecule has 7 nitrogen and oxygen atoms in total. The summed E-state index contributed by atoms with van der Waals surface area (Å²) in [6.07, 6.45) is 8.33. The molecule has 35 heavy (non-hydrogen) atoms. The lowest BCUT2D eigenvalue weighted by molar-refractivity contribution is -0.129. The Morgan fingerprint density at radius 1 is 1.09 bits per heavy atom. The molecule has 0 bridgehead atoms. The van der Waals surface area contributed by atoms with Crippen molar-refractivity contribution in [3.63, 3.8) is 0 Å². The smallest absolute Gasteiger partial charge is 0.299 e. The van der Waals surface area contributed by atoms with Crippen molar-refractivity contribution < 1.29 is 14.3 Å². The second-order valence-electron chi connectivity index (χ2n) is 8.34. The molecule has 5 rings (SSSR count). The average Bonchev–Trinajstić information content (AvgIpc) is 3.29. The summed E-state index contributed by atoms with van der Waals surface area (Å²) < 4.78 is 13.3. The van der Waals surface area contributed by atoms with Crippen LogP contribution in [0.25, 0.3) is 16.8 Å². The molecule has 3 heterocycles. The summed E-state index contributed by atoms with van der Waals surface area (Å²) >= 11 is 0. The fraction of sp³-hybridized carbons (Fsp3) is 0.250. The first-order valence-electron chi connectivity index (χ1n) is 11.7. The fourth-order valence-electron chi connectivity index (χ4n) is 4.51. The minimum atomic E-state index is -0.149. The van der Waals surface area contributed by atoms with Crippen LogP contribution >= 0.6 is 0 Å². The summed E-state index contributed by atoms with van der Waals surface area (Å²) in [5, 5.41) is 0. The summed E-state index contributed by atoms with van der Waals surface area (Å²) in [7, 11) is 1.63. The highest BCUT2D eigenvalue weighted by Gasteiger charge is 2.31. The number of benzene rings is 2. The Hall–Kier alpha value is -4.31. The summed E-state index contributed by atoms with van der Waals surface area (Å²) in [5.41, 5.74) is 2.66. The molecule has 2 aromatic heterocycles. The second kappa shape index (κ2) is 9.90. The molecule has 1 aliphatic rings. The maximum atomic E-state index is 12.7. The van der Waals surface area contributed by atoms with Gasteiger partial charge >= 0.3 is 0 Å². The van der Waals surface area contributed by atoms with Crippen LogP contribution in [-0.4, -0.2) is 38.8 Å². The number of amides is 1. The van der Waals surface area contributed by atoms with Gasteiger partial charge in [-0.2, -0.15) is 0 Å². The summed E-state index contributed by atoms with van der Waals surface area (Å²) in [5.74, 6) is 8.28. The number of hydrogen-bond acceptors (Lipinski definition) is 5. The van der Waals surface area contributed by atoms with Crippen LogP contribution in [0.1, 0.15) is 38.1 Å². The number of hydrogen-bond donors (Lipinski definition) is 0. The minimum absolute atomic E-state index is 0.128. The van der Waals surface area contributed by atoms with Crippen LogP contribution in [0.3, 0.4) is 0 Å². The molecule has 1 aliphatic heterocycles. The highest BCUT2D eigenvalue weighted by Crippen LogP contribution is 2.35. The van der Waals surface area contributed by atoms with E-state index in [9.17, 15) is 4.79 Å². The van der Waals surface area contributed by atoms with Gasteiger partial charge in [0, 0.05) is 30.6 Å². The van der Waals surface area contributed by atoms with Crippen molar-refractivity contribution in [2.24, 2.45) is 0 Å². The predicted octanol–water partition coefficient (Wildman–Crippen LogP) is 5.27. The van der Waals surface area contributed by atoms with Crippen molar-refractivity contribution in [3.05, 3.63) is 72.9 Å².